The lowest BCUT2D eigenvalue weighted by molar-refractivity contribution is 0.305. The van der Waals surface area contributed by atoms with Gasteiger partial charge in [-0.1, -0.05) is 23.7 Å². The smallest absolute Gasteiger partial charge is 0.138 e. The van der Waals surface area contributed by atoms with Gasteiger partial charge in [0, 0.05) is 11.2 Å². The van der Waals surface area contributed by atoms with Gasteiger partial charge in [-0.3, -0.25) is 10.1 Å². The third-order valence-electron chi connectivity index (χ3n) is 2.81. The maximum absolute atomic E-state index is 5.93. The molecule has 20 heavy (non-hydrogen) atoms. The van der Waals surface area contributed by atoms with Crippen molar-refractivity contribution in [3.05, 3.63) is 65.4 Å². The van der Waals surface area contributed by atoms with E-state index in [9.17, 15) is 0 Å². The molecule has 5 heteroatoms. The minimum atomic E-state index is 0.464. The van der Waals surface area contributed by atoms with Crippen LogP contribution < -0.4 is 4.74 Å². The van der Waals surface area contributed by atoms with Gasteiger partial charge in [0.05, 0.1) is 17.6 Å². The molecule has 0 atom stereocenters. The van der Waals surface area contributed by atoms with Crippen molar-refractivity contribution in [3.63, 3.8) is 0 Å². The largest absolute Gasteiger partial charge is 0.487 e. The van der Waals surface area contributed by atoms with Crippen LogP contribution in [0.25, 0.3) is 11.4 Å². The molecule has 0 spiro atoms. The summed E-state index contributed by atoms with van der Waals surface area (Å²) in [4.78, 5) is 4.33. The fourth-order valence-corrected chi connectivity index (χ4v) is 2.03. The summed E-state index contributed by atoms with van der Waals surface area (Å²) in [5.41, 5.74) is 2.74. The van der Waals surface area contributed by atoms with E-state index in [0.717, 1.165) is 17.0 Å². The molecule has 0 aliphatic rings. The van der Waals surface area contributed by atoms with E-state index >= 15 is 0 Å². The zero-order valence-electron chi connectivity index (χ0n) is 10.6. The van der Waals surface area contributed by atoms with Gasteiger partial charge in [0.25, 0.3) is 0 Å². The summed E-state index contributed by atoms with van der Waals surface area (Å²) in [7, 11) is 0. The van der Waals surface area contributed by atoms with E-state index in [1.165, 1.54) is 0 Å². The molecule has 0 bridgehead atoms. The van der Waals surface area contributed by atoms with Gasteiger partial charge in [0.15, 0.2) is 0 Å². The molecule has 0 saturated heterocycles. The summed E-state index contributed by atoms with van der Waals surface area (Å²) in [6, 6.07) is 13.2. The van der Waals surface area contributed by atoms with Crippen molar-refractivity contribution in [1.29, 1.82) is 0 Å². The average molecular weight is 286 g/mol. The topological polar surface area (TPSA) is 50.8 Å². The van der Waals surface area contributed by atoms with E-state index in [0.29, 0.717) is 17.4 Å². The lowest BCUT2D eigenvalue weighted by Gasteiger charge is -2.06. The summed E-state index contributed by atoms with van der Waals surface area (Å²) in [5, 5.41) is 7.47. The lowest BCUT2D eigenvalue weighted by atomic mass is 10.2. The van der Waals surface area contributed by atoms with Crippen molar-refractivity contribution in [2.75, 3.05) is 0 Å². The van der Waals surface area contributed by atoms with Crippen LogP contribution in [0, 0.1) is 0 Å². The molecule has 4 nitrogen and oxygen atoms in total. The van der Waals surface area contributed by atoms with Gasteiger partial charge in [-0.2, -0.15) is 5.10 Å². The summed E-state index contributed by atoms with van der Waals surface area (Å²) < 4.78 is 5.67. The Balaban J connectivity index is 1.67. The number of halogens is 1. The van der Waals surface area contributed by atoms with Crippen LogP contribution >= 0.6 is 11.6 Å². The Bertz CT molecular complexity index is 681. The van der Waals surface area contributed by atoms with Crippen molar-refractivity contribution < 1.29 is 4.74 Å². The van der Waals surface area contributed by atoms with Crippen molar-refractivity contribution >= 4 is 11.6 Å². The molecule has 0 aliphatic heterocycles. The van der Waals surface area contributed by atoms with Gasteiger partial charge in [-0.15, -0.1) is 0 Å². The van der Waals surface area contributed by atoms with Gasteiger partial charge in [-0.05, 0) is 35.9 Å². The molecule has 100 valence electrons. The fraction of sp³-hybridized carbons (Fsp3) is 0.0667. The first-order chi connectivity index (χ1) is 9.81. The maximum Gasteiger partial charge on any atom is 0.138 e. The number of hydrogen-bond donors (Lipinski definition) is 1. The fourth-order valence-electron chi connectivity index (χ4n) is 1.82. The molecule has 2 heterocycles. The third kappa shape index (κ3) is 2.97. The SMILES string of the molecule is Clc1cccc(COc2ccc(-c3ccn[nH]3)nc2)c1. The number of aromatic amines is 1. The monoisotopic (exact) mass is 285 g/mol. The van der Waals surface area contributed by atoms with E-state index in [4.69, 9.17) is 16.3 Å². The van der Waals surface area contributed by atoms with E-state index < -0.39 is 0 Å². The van der Waals surface area contributed by atoms with Crippen LogP contribution in [-0.2, 0) is 6.61 Å². The highest BCUT2D eigenvalue weighted by Crippen LogP contribution is 2.18. The second-order valence-electron chi connectivity index (χ2n) is 4.27. The van der Waals surface area contributed by atoms with Crippen molar-refractivity contribution in [3.8, 4) is 17.1 Å². The Morgan fingerprint density at radius 3 is 2.80 bits per heavy atom. The predicted molar refractivity (Wildman–Crippen MR) is 77.6 cm³/mol. The first kappa shape index (κ1) is 12.7. The van der Waals surface area contributed by atoms with Gasteiger partial charge >= 0.3 is 0 Å². The van der Waals surface area contributed by atoms with Crippen molar-refractivity contribution in [1.82, 2.24) is 15.2 Å². The first-order valence-electron chi connectivity index (χ1n) is 6.14. The molecule has 1 N–H and O–H groups in total. The molecule has 3 aromatic rings. The molecular weight excluding hydrogens is 274 g/mol. The molecule has 0 aliphatic carbocycles. The highest BCUT2D eigenvalue weighted by molar-refractivity contribution is 6.30. The average Bonchev–Trinajstić information content (AvgIpc) is 3.00. The minimum absolute atomic E-state index is 0.464. The van der Waals surface area contributed by atoms with Crippen LogP contribution in [-0.4, -0.2) is 15.2 Å². The van der Waals surface area contributed by atoms with E-state index in [-0.39, 0.29) is 0 Å². The number of nitrogens with one attached hydrogen (secondary N) is 1. The van der Waals surface area contributed by atoms with Crippen LogP contribution in [0.5, 0.6) is 5.75 Å². The van der Waals surface area contributed by atoms with E-state index in [1.807, 2.05) is 42.5 Å². The highest BCUT2D eigenvalue weighted by Gasteiger charge is 2.02. The van der Waals surface area contributed by atoms with E-state index in [2.05, 4.69) is 15.2 Å². The molecule has 0 radical (unpaired) electrons. The zero-order chi connectivity index (χ0) is 13.8. The Morgan fingerprint density at radius 1 is 1.15 bits per heavy atom. The Hall–Kier alpha value is -2.33. The molecule has 1 aromatic carbocycles. The van der Waals surface area contributed by atoms with Crippen LogP contribution in [0.15, 0.2) is 54.9 Å². The number of nitrogens with zero attached hydrogens (tertiary/aromatic N) is 2. The number of hydrogen-bond acceptors (Lipinski definition) is 3. The lowest BCUT2D eigenvalue weighted by Crippen LogP contribution is -1.96. The molecule has 0 unspecified atom stereocenters. The second-order valence-corrected chi connectivity index (χ2v) is 4.70. The van der Waals surface area contributed by atoms with E-state index in [1.54, 1.807) is 12.4 Å². The summed E-state index contributed by atoms with van der Waals surface area (Å²) in [6.07, 6.45) is 3.39. The summed E-state index contributed by atoms with van der Waals surface area (Å²) in [5.74, 6) is 0.716. The summed E-state index contributed by atoms with van der Waals surface area (Å²) >= 11 is 5.93. The molecule has 0 amide bonds. The predicted octanol–water partition coefficient (Wildman–Crippen LogP) is 3.70. The molecule has 3 rings (SSSR count). The number of H-pyrrole nitrogens is 1. The zero-order valence-corrected chi connectivity index (χ0v) is 11.3. The maximum atomic E-state index is 5.93. The van der Waals surface area contributed by atoms with Gasteiger partial charge in [0.2, 0.25) is 0 Å². The number of rotatable bonds is 4. The number of pyridine rings is 1. The van der Waals surface area contributed by atoms with Gasteiger partial charge in [-0.25, -0.2) is 0 Å². The quantitative estimate of drug-likeness (QED) is 0.795. The van der Waals surface area contributed by atoms with Gasteiger partial charge in [0.1, 0.15) is 12.4 Å². The minimum Gasteiger partial charge on any atom is -0.487 e. The molecule has 2 aromatic heterocycles. The van der Waals surface area contributed by atoms with Crippen LogP contribution in [0.1, 0.15) is 5.56 Å². The van der Waals surface area contributed by atoms with Crippen LogP contribution in [0.2, 0.25) is 5.02 Å². The first-order valence-corrected chi connectivity index (χ1v) is 6.52. The van der Waals surface area contributed by atoms with Crippen molar-refractivity contribution in [2.24, 2.45) is 0 Å². The van der Waals surface area contributed by atoms with Crippen LogP contribution in [0.4, 0.5) is 0 Å². The molecular formula is C15H12ClN3O. The Kier molecular flexibility index (Phi) is 3.65. The standard InChI is InChI=1S/C15H12ClN3O/c16-12-3-1-2-11(8-12)10-20-13-4-5-14(17-9-13)15-6-7-18-19-15/h1-9H,10H2,(H,18,19). The molecule has 0 fully saturated rings. The highest BCUT2D eigenvalue weighted by atomic mass is 35.5. The van der Waals surface area contributed by atoms with Crippen molar-refractivity contribution in [2.45, 2.75) is 6.61 Å². The number of benzene rings is 1. The number of ether oxygens (including phenoxy) is 1. The second kappa shape index (κ2) is 5.75. The van der Waals surface area contributed by atoms with Gasteiger partial charge < -0.3 is 4.74 Å². The normalized spacial score (nSPS) is 10.4. The Morgan fingerprint density at radius 2 is 2.10 bits per heavy atom. The molecule has 0 saturated carbocycles. The summed E-state index contributed by atoms with van der Waals surface area (Å²) in [6.45, 7) is 0.464. The third-order valence-corrected chi connectivity index (χ3v) is 3.04. The Labute approximate surface area is 121 Å². The van der Waals surface area contributed by atoms with Crippen LogP contribution in [0.3, 0.4) is 0 Å². The number of aromatic nitrogens is 3.